The Bertz CT molecular complexity index is 729. The Balaban J connectivity index is 2.12. The fraction of sp³-hybridized carbons (Fsp3) is 0.0667. The molecule has 0 aliphatic carbocycles. The zero-order valence-electron chi connectivity index (χ0n) is 10.4. The standard InChI is InChI=1S/C15H12N2O2/c1-19-12-7-5-10(6-8-12)15-16-13-4-2-3-11(9-18)14(13)17-15/h2-9H,1H3,(H,16,17). The number of aldehydes is 1. The van der Waals surface area contributed by atoms with Gasteiger partial charge in [-0.15, -0.1) is 0 Å². The van der Waals surface area contributed by atoms with Crippen molar-refractivity contribution in [3.05, 3.63) is 48.0 Å². The van der Waals surface area contributed by atoms with Crippen molar-refractivity contribution in [1.29, 1.82) is 0 Å². The van der Waals surface area contributed by atoms with Crippen LogP contribution in [0, 0.1) is 0 Å². The molecule has 0 spiro atoms. The molecule has 0 radical (unpaired) electrons. The molecule has 0 bridgehead atoms. The fourth-order valence-electron chi connectivity index (χ4n) is 2.04. The van der Waals surface area contributed by atoms with E-state index in [0.29, 0.717) is 11.1 Å². The summed E-state index contributed by atoms with van der Waals surface area (Å²) in [4.78, 5) is 18.7. The second-order valence-corrected chi connectivity index (χ2v) is 4.18. The minimum absolute atomic E-state index is 0.591. The molecule has 0 atom stereocenters. The predicted molar refractivity (Wildman–Crippen MR) is 73.5 cm³/mol. The van der Waals surface area contributed by atoms with Crippen LogP contribution in [0.3, 0.4) is 0 Å². The summed E-state index contributed by atoms with van der Waals surface area (Å²) in [6.07, 6.45) is 0.820. The molecule has 0 aliphatic rings. The summed E-state index contributed by atoms with van der Waals surface area (Å²) in [5.74, 6) is 1.54. The van der Waals surface area contributed by atoms with Gasteiger partial charge >= 0.3 is 0 Å². The van der Waals surface area contributed by atoms with Crippen LogP contribution in [0.1, 0.15) is 10.4 Å². The number of para-hydroxylation sites is 1. The van der Waals surface area contributed by atoms with E-state index in [1.165, 1.54) is 0 Å². The Labute approximate surface area is 110 Å². The number of imidazole rings is 1. The van der Waals surface area contributed by atoms with E-state index in [4.69, 9.17) is 4.74 Å². The second-order valence-electron chi connectivity index (χ2n) is 4.18. The van der Waals surface area contributed by atoms with Gasteiger partial charge in [0.05, 0.1) is 18.1 Å². The average molecular weight is 252 g/mol. The molecule has 1 aromatic heterocycles. The summed E-state index contributed by atoms with van der Waals surface area (Å²) in [6.45, 7) is 0. The van der Waals surface area contributed by atoms with Gasteiger partial charge in [-0.25, -0.2) is 4.98 Å². The predicted octanol–water partition coefficient (Wildman–Crippen LogP) is 3.05. The number of hydrogen-bond donors (Lipinski definition) is 1. The Morgan fingerprint density at radius 3 is 2.63 bits per heavy atom. The highest BCUT2D eigenvalue weighted by Gasteiger charge is 2.08. The summed E-state index contributed by atoms with van der Waals surface area (Å²) in [6, 6.07) is 13.1. The molecule has 4 nitrogen and oxygen atoms in total. The molecule has 1 N–H and O–H groups in total. The number of carbonyl (C=O) groups excluding carboxylic acids is 1. The van der Waals surface area contributed by atoms with Crippen molar-refractivity contribution < 1.29 is 9.53 Å². The number of rotatable bonds is 3. The molecule has 3 aromatic rings. The summed E-state index contributed by atoms with van der Waals surface area (Å²) in [7, 11) is 1.63. The number of nitrogens with zero attached hydrogens (tertiary/aromatic N) is 1. The van der Waals surface area contributed by atoms with Gasteiger partial charge < -0.3 is 9.72 Å². The fourth-order valence-corrected chi connectivity index (χ4v) is 2.04. The Hall–Kier alpha value is -2.62. The van der Waals surface area contributed by atoms with Crippen molar-refractivity contribution in [2.75, 3.05) is 7.11 Å². The van der Waals surface area contributed by atoms with Crippen molar-refractivity contribution in [2.24, 2.45) is 0 Å². The van der Waals surface area contributed by atoms with Gasteiger partial charge in [-0.05, 0) is 36.4 Å². The highest BCUT2D eigenvalue weighted by molar-refractivity contribution is 5.95. The lowest BCUT2D eigenvalue weighted by molar-refractivity contribution is 0.112. The molecule has 0 saturated heterocycles. The molecule has 3 rings (SSSR count). The molecule has 0 saturated carbocycles. The van der Waals surface area contributed by atoms with Crippen molar-refractivity contribution in [1.82, 2.24) is 9.97 Å². The number of ether oxygens (including phenoxy) is 1. The maximum absolute atomic E-state index is 11.0. The maximum Gasteiger partial charge on any atom is 0.152 e. The monoisotopic (exact) mass is 252 g/mol. The van der Waals surface area contributed by atoms with Gasteiger partial charge in [-0.3, -0.25) is 4.79 Å². The zero-order chi connectivity index (χ0) is 13.2. The Morgan fingerprint density at radius 1 is 1.16 bits per heavy atom. The molecular formula is C15H12N2O2. The molecule has 2 aromatic carbocycles. The van der Waals surface area contributed by atoms with Crippen LogP contribution < -0.4 is 4.74 Å². The number of aromatic amines is 1. The van der Waals surface area contributed by atoms with E-state index in [2.05, 4.69) is 9.97 Å². The first-order chi connectivity index (χ1) is 9.31. The largest absolute Gasteiger partial charge is 0.497 e. The lowest BCUT2D eigenvalue weighted by Crippen LogP contribution is -1.84. The van der Waals surface area contributed by atoms with E-state index in [1.807, 2.05) is 36.4 Å². The highest BCUT2D eigenvalue weighted by Crippen LogP contribution is 2.23. The van der Waals surface area contributed by atoms with Gasteiger partial charge in [0.1, 0.15) is 11.6 Å². The normalized spacial score (nSPS) is 10.6. The zero-order valence-corrected chi connectivity index (χ0v) is 10.4. The van der Waals surface area contributed by atoms with Gasteiger partial charge in [0.15, 0.2) is 6.29 Å². The molecule has 94 valence electrons. The van der Waals surface area contributed by atoms with Crippen LogP contribution in [-0.2, 0) is 0 Å². The first-order valence-electron chi connectivity index (χ1n) is 5.90. The van der Waals surface area contributed by atoms with Crippen LogP contribution in [0.2, 0.25) is 0 Å². The van der Waals surface area contributed by atoms with Crippen LogP contribution in [0.4, 0.5) is 0 Å². The number of benzene rings is 2. The lowest BCUT2D eigenvalue weighted by Gasteiger charge is -2.00. The van der Waals surface area contributed by atoms with Crippen molar-refractivity contribution in [2.45, 2.75) is 0 Å². The summed E-state index contributed by atoms with van der Waals surface area (Å²) < 4.78 is 5.12. The molecular weight excluding hydrogens is 240 g/mol. The molecule has 0 fully saturated rings. The molecule has 0 aliphatic heterocycles. The SMILES string of the molecule is COc1ccc(-c2nc3c(C=O)cccc3[nH]2)cc1. The van der Waals surface area contributed by atoms with E-state index in [1.54, 1.807) is 13.2 Å². The van der Waals surface area contributed by atoms with Crippen molar-refractivity contribution in [3.8, 4) is 17.1 Å². The summed E-state index contributed by atoms with van der Waals surface area (Å²) in [5, 5.41) is 0. The number of carbonyl (C=O) groups is 1. The minimum atomic E-state index is 0.591. The molecule has 4 heteroatoms. The molecule has 1 heterocycles. The van der Waals surface area contributed by atoms with Crippen LogP contribution >= 0.6 is 0 Å². The minimum Gasteiger partial charge on any atom is -0.497 e. The topological polar surface area (TPSA) is 55.0 Å². The van der Waals surface area contributed by atoms with Crippen LogP contribution in [-0.4, -0.2) is 23.4 Å². The molecule has 0 amide bonds. The van der Waals surface area contributed by atoms with Crippen molar-refractivity contribution >= 4 is 17.3 Å². The van der Waals surface area contributed by atoms with E-state index in [-0.39, 0.29) is 0 Å². The molecule has 19 heavy (non-hydrogen) atoms. The van der Waals surface area contributed by atoms with E-state index >= 15 is 0 Å². The number of hydrogen-bond acceptors (Lipinski definition) is 3. The Morgan fingerprint density at radius 2 is 1.95 bits per heavy atom. The highest BCUT2D eigenvalue weighted by atomic mass is 16.5. The first-order valence-corrected chi connectivity index (χ1v) is 5.90. The number of aromatic nitrogens is 2. The first kappa shape index (κ1) is 11.5. The summed E-state index contributed by atoms with van der Waals surface area (Å²) in [5.41, 5.74) is 3.10. The van der Waals surface area contributed by atoms with E-state index in [9.17, 15) is 4.79 Å². The Kier molecular flexibility index (Phi) is 2.76. The lowest BCUT2D eigenvalue weighted by atomic mass is 10.2. The summed E-state index contributed by atoms with van der Waals surface area (Å²) >= 11 is 0. The van der Waals surface area contributed by atoms with E-state index in [0.717, 1.165) is 28.9 Å². The third kappa shape index (κ3) is 1.97. The average Bonchev–Trinajstić information content (AvgIpc) is 2.91. The molecule has 0 unspecified atom stereocenters. The van der Waals surface area contributed by atoms with Crippen molar-refractivity contribution in [3.63, 3.8) is 0 Å². The maximum atomic E-state index is 11.0. The third-order valence-corrected chi connectivity index (χ3v) is 3.03. The van der Waals surface area contributed by atoms with Gasteiger partial charge in [-0.1, -0.05) is 6.07 Å². The number of methoxy groups -OCH3 is 1. The number of H-pyrrole nitrogens is 1. The van der Waals surface area contributed by atoms with Gasteiger partial charge in [-0.2, -0.15) is 0 Å². The van der Waals surface area contributed by atoms with Gasteiger partial charge in [0.2, 0.25) is 0 Å². The number of nitrogens with one attached hydrogen (secondary N) is 1. The van der Waals surface area contributed by atoms with E-state index < -0.39 is 0 Å². The van der Waals surface area contributed by atoms with Gasteiger partial charge in [0, 0.05) is 11.1 Å². The van der Waals surface area contributed by atoms with Gasteiger partial charge in [0.25, 0.3) is 0 Å². The van der Waals surface area contributed by atoms with Crippen LogP contribution in [0.15, 0.2) is 42.5 Å². The second kappa shape index (κ2) is 4.57. The third-order valence-electron chi connectivity index (χ3n) is 3.03. The number of fused-ring (bicyclic) bond motifs is 1. The smallest absolute Gasteiger partial charge is 0.152 e. The quantitative estimate of drug-likeness (QED) is 0.729. The van der Waals surface area contributed by atoms with Crippen LogP contribution in [0.5, 0.6) is 5.75 Å². The van der Waals surface area contributed by atoms with Crippen LogP contribution in [0.25, 0.3) is 22.4 Å².